The molecule has 0 saturated carbocycles. The predicted molar refractivity (Wildman–Crippen MR) is 82.8 cm³/mol. The molecule has 118 valence electrons. The van der Waals surface area contributed by atoms with E-state index in [9.17, 15) is 9.50 Å². The van der Waals surface area contributed by atoms with Gasteiger partial charge in [0.05, 0.1) is 12.6 Å². The molecule has 1 N–H and O–H groups in total. The number of aliphatic hydroxyl groups is 1. The van der Waals surface area contributed by atoms with Crippen LogP contribution in [0.25, 0.3) is 0 Å². The quantitative estimate of drug-likeness (QED) is 0.923. The van der Waals surface area contributed by atoms with Crippen molar-refractivity contribution >= 4 is 0 Å². The Morgan fingerprint density at radius 2 is 2.14 bits per heavy atom. The van der Waals surface area contributed by atoms with Gasteiger partial charge in [0.15, 0.2) is 0 Å². The van der Waals surface area contributed by atoms with Crippen LogP contribution in [0.5, 0.6) is 0 Å². The number of likely N-dealkylation sites (tertiary alicyclic amines) is 1. The third kappa shape index (κ3) is 3.54. The number of nitrogens with zero attached hydrogens (tertiary/aromatic N) is 3. The van der Waals surface area contributed by atoms with E-state index in [0.717, 1.165) is 25.9 Å². The molecule has 0 bridgehead atoms. The van der Waals surface area contributed by atoms with Gasteiger partial charge in [0, 0.05) is 30.5 Å². The van der Waals surface area contributed by atoms with Crippen molar-refractivity contribution in [3.63, 3.8) is 0 Å². The van der Waals surface area contributed by atoms with Gasteiger partial charge in [-0.1, -0.05) is 24.6 Å². The minimum atomic E-state index is -0.792. The molecule has 5 heteroatoms. The third-order valence-corrected chi connectivity index (χ3v) is 4.38. The Kier molecular flexibility index (Phi) is 4.85. The molecule has 1 aliphatic rings. The van der Waals surface area contributed by atoms with Gasteiger partial charge in [0.2, 0.25) is 0 Å². The molecule has 2 heterocycles. The molecule has 2 atom stereocenters. The van der Waals surface area contributed by atoms with Crippen LogP contribution in [0, 0.1) is 5.82 Å². The van der Waals surface area contributed by atoms with Gasteiger partial charge in [-0.25, -0.2) is 4.39 Å². The first-order valence-corrected chi connectivity index (χ1v) is 7.88. The SMILES string of the molecule is O[C@H](CN1CCCC[C@H]1Cn1cccn1)c1ccccc1F. The lowest BCUT2D eigenvalue weighted by molar-refractivity contribution is 0.0575. The molecule has 1 fully saturated rings. The molecule has 2 aromatic rings. The van der Waals surface area contributed by atoms with Crippen LogP contribution in [-0.2, 0) is 6.54 Å². The molecule has 0 radical (unpaired) electrons. The number of rotatable bonds is 5. The van der Waals surface area contributed by atoms with E-state index in [4.69, 9.17) is 0 Å². The molecule has 0 amide bonds. The zero-order chi connectivity index (χ0) is 15.4. The maximum absolute atomic E-state index is 13.8. The molecule has 4 nitrogen and oxygen atoms in total. The van der Waals surface area contributed by atoms with E-state index in [1.807, 2.05) is 16.9 Å². The summed E-state index contributed by atoms with van der Waals surface area (Å²) < 4.78 is 15.7. The number of aliphatic hydroxyl groups excluding tert-OH is 1. The fourth-order valence-electron chi connectivity index (χ4n) is 3.20. The number of piperidine rings is 1. The standard InChI is InChI=1S/C17H22FN3O/c18-16-8-2-1-7-15(16)17(22)13-20-10-4-3-6-14(20)12-21-11-5-9-19-21/h1-2,5,7-9,11,14,17,22H,3-4,6,10,12-13H2/t14-,17+/m0/s1. The Morgan fingerprint density at radius 3 is 2.91 bits per heavy atom. The number of benzene rings is 1. The Balaban J connectivity index is 1.67. The highest BCUT2D eigenvalue weighted by atomic mass is 19.1. The summed E-state index contributed by atoms with van der Waals surface area (Å²) in [6, 6.07) is 8.73. The van der Waals surface area contributed by atoms with Gasteiger partial charge in [0.1, 0.15) is 5.82 Å². The summed E-state index contributed by atoms with van der Waals surface area (Å²) in [6.07, 6.45) is 6.35. The Bertz CT molecular complexity index is 587. The third-order valence-electron chi connectivity index (χ3n) is 4.38. The molecule has 1 aromatic carbocycles. The van der Waals surface area contributed by atoms with Crippen molar-refractivity contribution in [1.29, 1.82) is 0 Å². The molecular formula is C17H22FN3O. The van der Waals surface area contributed by atoms with E-state index in [1.54, 1.807) is 24.4 Å². The van der Waals surface area contributed by atoms with Gasteiger partial charge in [-0.05, 0) is 31.5 Å². The molecule has 1 aromatic heterocycles. The Morgan fingerprint density at radius 1 is 1.27 bits per heavy atom. The molecule has 22 heavy (non-hydrogen) atoms. The monoisotopic (exact) mass is 303 g/mol. The first kappa shape index (κ1) is 15.2. The Labute approximate surface area is 130 Å². The van der Waals surface area contributed by atoms with Crippen molar-refractivity contribution in [2.45, 2.75) is 38.0 Å². The fourth-order valence-corrected chi connectivity index (χ4v) is 3.20. The highest BCUT2D eigenvalue weighted by molar-refractivity contribution is 5.20. The van der Waals surface area contributed by atoms with Gasteiger partial charge >= 0.3 is 0 Å². The molecule has 1 saturated heterocycles. The molecule has 3 rings (SSSR count). The van der Waals surface area contributed by atoms with E-state index in [0.29, 0.717) is 18.2 Å². The predicted octanol–water partition coefficient (Wildman–Crippen LogP) is 2.61. The van der Waals surface area contributed by atoms with Gasteiger partial charge in [-0.3, -0.25) is 9.58 Å². The van der Waals surface area contributed by atoms with E-state index >= 15 is 0 Å². The van der Waals surface area contributed by atoms with Gasteiger partial charge in [-0.2, -0.15) is 5.10 Å². The van der Waals surface area contributed by atoms with Crippen LogP contribution in [-0.4, -0.2) is 38.9 Å². The van der Waals surface area contributed by atoms with E-state index in [-0.39, 0.29) is 5.82 Å². The van der Waals surface area contributed by atoms with Crippen molar-refractivity contribution in [1.82, 2.24) is 14.7 Å². The lowest BCUT2D eigenvalue weighted by Crippen LogP contribution is -2.44. The van der Waals surface area contributed by atoms with Crippen LogP contribution in [0.15, 0.2) is 42.7 Å². The van der Waals surface area contributed by atoms with Crippen LogP contribution in [0.1, 0.15) is 30.9 Å². The van der Waals surface area contributed by atoms with Gasteiger partial charge < -0.3 is 5.11 Å². The second-order valence-electron chi connectivity index (χ2n) is 5.91. The first-order chi connectivity index (χ1) is 10.7. The number of hydrogen-bond acceptors (Lipinski definition) is 3. The Hall–Kier alpha value is -1.72. The van der Waals surface area contributed by atoms with Crippen molar-refractivity contribution in [3.05, 3.63) is 54.1 Å². The topological polar surface area (TPSA) is 41.3 Å². The number of aromatic nitrogens is 2. The van der Waals surface area contributed by atoms with Crippen molar-refractivity contribution < 1.29 is 9.50 Å². The number of halogens is 1. The number of hydrogen-bond donors (Lipinski definition) is 1. The molecule has 0 aliphatic carbocycles. The molecule has 0 spiro atoms. The second kappa shape index (κ2) is 7.03. The van der Waals surface area contributed by atoms with Crippen LogP contribution in [0.3, 0.4) is 0 Å². The van der Waals surface area contributed by atoms with Crippen molar-refractivity contribution in [2.75, 3.05) is 13.1 Å². The van der Waals surface area contributed by atoms with Crippen LogP contribution >= 0.6 is 0 Å². The zero-order valence-electron chi connectivity index (χ0n) is 12.6. The highest BCUT2D eigenvalue weighted by Gasteiger charge is 2.26. The number of β-amino-alcohol motifs (C(OH)–C–C–N with tert-alkyl or cyclic N) is 1. The first-order valence-electron chi connectivity index (χ1n) is 7.88. The van der Waals surface area contributed by atoms with Crippen molar-refractivity contribution in [3.8, 4) is 0 Å². The average Bonchev–Trinajstić information content (AvgIpc) is 3.02. The van der Waals surface area contributed by atoms with E-state index < -0.39 is 6.10 Å². The molecule has 0 unspecified atom stereocenters. The molecule has 1 aliphatic heterocycles. The lowest BCUT2D eigenvalue weighted by Gasteiger charge is -2.37. The van der Waals surface area contributed by atoms with Crippen LogP contribution < -0.4 is 0 Å². The second-order valence-corrected chi connectivity index (χ2v) is 5.91. The fraction of sp³-hybridized carbons (Fsp3) is 0.471. The van der Waals surface area contributed by atoms with Crippen LogP contribution in [0.4, 0.5) is 4.39 Å². The maximum atomic E-state index is 13.8. The minimum Gasteiger partial charge on any atom is -0.387 e. The summed E-state index contributed by atoms with van der Waals surface area (Å²) in [6.45, 7) is 2.22. The summed E-state index contributed by atoms with van der Waals surface area (Å²) in [5.41, 5.74) is 0.380. The summed E-state index contributed by atoms with van der Waals surface area (Å²) in [4.78, 5) is 2.27. The lowest BCUT2D eigenvalue weighted by atomic mass is 10.00. The van der Waals surface area contributed by atoms with Gasteiger partial charge in [-0.15, -0.1) is 0 Å². The summed E-state index contributed by atoms with van der Waals surface area (Å²) >= 11 is 0. The van der Waals surface area contributed by atoms with Crippen molar-refractivity contribution in [2.24, 2.45) is 0 Å². The minimum absolute atomic E-state index is 0.337. The highest BCUT2D eigenvalue weighted by Crippen LogP contribution is 2.23. The largest absolute Gasteiger partial charge is 0.387 e. The summed E-state index contributed by atoms with van der Waals surface area (Å²) in [5.74, 6) is -0.337. The van der Waals surface area contributed by atoms with Crippen LogP contribution in [0.2, 0.25) is 0 Å². The van der Waals surface area contributed by atoms with E-state index in [2.05, 4.69) is 10.00 Å². The summed E-state index contributed by atoms with van der Waals surface area (Å²) in [7, 11) is 0. The maximum Gasteiger partial charge on any atom is 0.129 e. The van der Waals surface area contributed by atoms with Gasteiger partial charge in [0.25, 0.3) is 0 Å². The smallest absolute Gasteiger partial charge is 0.129 e. The summed E-state index contributed by atoms with van der Waals surface area (Å²) in [5, 5.41) is 14.7. The normalized spacial score (nSPS) is 20.9. The van der Waals surface area contributed by atoms with E-state index in [1.165, 1.54) is 12.5 Å². The average molecular weight is 303 g/mol. The zero-order valence-corrected chi connectivity index (χ0v) is 12.6. The molecular weight excluding hydrogens is 281 g/mol.